The first-order valence-electron chi connectivity index (χ1n) is 12.6. The van der Waals surface area contributed by atoms with Gasteiger partial charge in [-0.3, -0.25) is 4.90 Å². The van der Waals surface area contributed by atoms with Gasteiger partial charge in [-0.1, -0.05) is 41.6 Å². The van der Waals surface area contributed by atoms with Crippen LogP contribution in [0.4, 0.5) is 0 Å². The number of pyridine rings is 1. The highest BCUT2D eigenvalue weighted by Gasteiger charge is 2.22. The Morgan fingerprint density at radius 3 is 2.43 bits per heavy atom. The van der Waals surface area contributed by atoms with Crippen molar-refractivity contribution in [2.75, 3.05) is 27.2 Å². The Morgan fingerprint density at radius 2 is 1.73 bits per heavy atom. The van der Waals surface area contributed by atoms with Crippen molar-refractivity contribution in [3.8, 4) is 11.6 Å². The Morgan fingerprint density at radius 1 is 0.973 bits per heavy atom. The van der Waals surface area contributed by atoms with E-state index in [1.54, 1.807) is 6.20 Å². The predicted octanol–water partition coefficient (Wildman–Crippen LogP) is 6.77. The van der Waals surface area contributed by atoms with Gasteiger partial charge in [0, 0.05) is 30.7 Å². The zero-order chi connectivity index (χ0) is 24.0. The molecule has 0 N–H and O–H groups in total. The maximum Gasteiger partial charge on any atom is 0.219 e. The highest BCUT2D eigenvalue weighted by atomic mass is 35.5. The molecule has 0 aliphatic carbocycles. The molecule has 4 aromatic rings. The maximum atomic E-state index is 6.11. The van der Waals surface area contributed by atoms with Crippen molar-refractivity contribution < 1.29 is 9.26 Å². The lowest BCUT2D eigenvalue weighted by atomic mass is 9.91. The van der Waals surface area contributed by atoms with Crippen LogP contribution in [-0.2, 0) is 19.5 Å². The van der Waals surface area contributed by atoms with E-state index in [-0.39, 0.29) is 24.8 Å². The summed E-state index contributed by atoms with van der Waals surface area (Å²) in [4.78, 5) is 9.00. The number of hydrogen-bond donors (Lipinski definition) is 0. The number of piperidine rings is 1. The molecule has 3 heterocycles. The molecule has 198 valence electrons. The number of benzene rings is 2. The van der Waals surface area contributed by atoms with E-state index in [0.29, 0.717) is 12.4 Å². The summed E-state index contributed by atoms with van der Waals surface area (Å²) in [7, 11) is 4.09. The monoisotopic (exact) mass is 542 g/mol. The van der Waals surface area contributed by atoms with E-state index in [4.69, 9.17) is 9.26 Å². The van der Waals surface area contributed by atoms with Crippen LogP contribution in [0.5, 0.6) is 11.6 Å². The predicted molar refractivity (Wildman–Crippen MR) is 153 cm³/mol. The molecule has 0 atom stereocenters. The molecule has 1 saturated heterocycles. The smallest absolute Gasteiger partial charge is 0.219 e. The Balaban J connectivity index is 0.00000190. The van der Waals surface area contributed by atoms with Crippen molar-refractivity contribution in [2.45, 2.75) is 38.8 Å². The summed E-state index contributed by atoms with van der Waals surface area (Å²) in [6.07, 6.45) is 6.32. The molecule has 8 heteroatoms. The standard InChI is InChI=1S/C29H34N4O2.2ClH/c1-32(2)21-25-27(34-28-10-6-7-17-30-28)14-12-24-26(31-35-29(24)25)13-11-22-15-18-33(19-16-22)20-23-8-4-3-5-9-23;;/h3-10,12,14,17,22H,11,13,15-16,18-21H2,1-2H3;2*1H. The average molecular weight is 544 g/mol. The molecular formula is C29H36Cl2N4O2. The van der Waals surface area contributed by atoms with Crippen molar-refractivity contribution in [3.05, 3.63) is 83.7 Å². The number of hydrogen-bond acceptors (Lipinski definition) is 6. The Hall–Kier alpha value is -2.64. The third kappa shape index (κ3) is 7.45. The Bertz CT molecular complexity index is 1230. The highest BCUT2D eigenvalue weighted by molar-refractivity contribution is 5.86. The van der Waals surface area contributed by atoms with Crippen LogP contribution < -0.4 is 4.74 Å². The number of rotatable bonds is 9. The topological polar surface area (TPSA) is 54.6 Å². The van der Waals surface area contributed by atoms with Gasteiger partial charge >= 0.3 is 0 Å². The summed E-state index contributed by atoms with van der Waals surface area (Å²) in [6.45, 7) is 4.09. The lowest BCUT2D eigenvalue weighted by Gasteiger charge is -2.31. The normalized spacial score (nSPS) is 14.4. The minimum absolute atomic E-state index is 0. The summed E-state index contributed by atoms with van der Waals surface area (Å²) in [5.41, 5.74) is 4.28. The van der Waals surface area contributed by atoms with Gasteiger partial charge in [-0.15, -0.1) is 24.8 Å². The average Bonchev–Trinajstić information content (AvgIpc) is 3.29. The van der Waals surface area contributed by atoms with E-state index in [9.17, 15) is 0 Å². The number of nitrogens with zero attached hydrogens (tertiary/aromatic N) is 4. The molecule has 0 radical (unpaired) electrons. The zero-order valence-corrected chi connectivity index (χ0v) is 23.1. The fourth-order valence-electron chi connectivity index (χ4n) is 4.97. The van der Waals surface area contributed by atoms with Gasteiger partial charge in [-0.25, -0.2) is 4.98 Å². The Kier molecular flexibility index (Phi) is 10.8. The van der Waals surface area contributed by atoms with E-state index in [0.717, 1.165) is 53.3 Å². The first-order chi connectivity index (χ1) is 17.2. The summed E-state index contributed by atoms with van der Waals surface area (Å²) < 4.78 is 12.0. The van der Waals surface area contributed by atoms with Gasteiger partial charge in [-0.2, -0.15) is 0 Å². The summed E-state index contributed by atoms with van der Waals surface area (Å²) in [5.74, 6) is 2.07. The third-order valence-corrected chi connectivity index (χ3v) is 6.85. The van der Waals surface area contributed by atoms with Crippen LogP contribution in [0, 0.1) is 5.92 Å². The second-order valence-corrected chi connectivity index (χ2v) is 9.80. The van der Waals surface area contributed by atoms with E-state index < -0.39 is 0 Å². The van der Waals surface area contributed by atoms with Gasteiger partial charge in [0.15, 0.2) is 5.58 Å². The first-order valence-corrected chi connectivity index (χ1v) is 12.6. The number of aryl methyl sites for hydroxylation is 1. The van der Waals surface area contributed by atoms with Crippen molar-refractivity contribution in [1.29, 1.82) is 0 Å². The number of likely N-dealkylation sites (tertiary alicyclic amines) is 1. The molecule has 0 bridgehead atoms. The van der Waals surface area contributed by atoms with Crippen molar-refractivity contribution in [2.24, 2.45) is 5.92 Å². The molecule has 0 amide bonds. The molecule has 37 heavy (non-hydrogen) atoms. The minimum atomic E-state index is 0. The quantitative estimate of drug-likeness (QED) is 0.232. The number of aromatic nitrogens is 2. The van der Waals surface area contributed by atoms with E-state index in [1.165, 1.54) is 31.5 Å². The van der Waals surface area contributed by atoms with Gasteiger partial charge in [0.25, 0.3) is 0 Å². The number of ether oxygens (including phenoxy) is 1. The van der Waals surface area contributed by atoms with Crippen molar-refractivity contribution >= 4 is 35.8 Å². The van der Waals surface area contributed by atoms with Crippen LogP contribution in [-0.4, -0.2) is 47.1 Å². The maximum absolute atomic E-state index is 6.11. The lowest BCUT2D eigenvalue weighted by Crippen LogP contribution is -2.33. The van der Waals surface area contributed by atoms with Crippen LogP contribution in [0.1, 0.15) is 36.1 Å². The SMILES string of the molecule is CN(C)Cc1c(Oc2ccccn2)ccc2c(CCC3CCN(Cc4ccccc4)CC3)noc12.Cl.Cl. The van der Waals surface area contributed by atoms with E-state index in [1.807, 2.05) is 38.4 Å². The molecule has 5 rings (SSSR count). The zero-order valence-electron chi connectivity index (χ0n) is 21.5. The molecule has 0 unspecified atom stereocenters. The van der Waals surface area contributed by atoms with E-state index >= 15 is 0 Å². The first kappa shape index (κ1) is 28.9. The molecule has 1 fully saturated rings. The fraction of sp³-hybridized carbons (Fsp3) is 0.379. The largest absolute Gasteiger partial charge is 0.439 e. The molecule has 6 nitrogen and oxygen atoms in total. The molecule has 1 aliphatic heterocycles. The number of halogens is 2. The van der Waals surface area contributed by atoms with Crippen molar-refractivity contribution in [3.63, 3.8) is 0 Å². The molecule has 2 aromatic heterocycles. The summed E-state index contributed by atoms with van der Waals surface area (Å²) in [6, 6.07) is 20.6. The second kappa shape index (κ2) is 13.8. The van der Waals surface area contributed by atoms with Gasteiger partial charge in [-0.05, 0) is 82.5 Å². The van der Waals surface area contributed by atoms with Crippen LogP contribution in [0.15, 0.2) is 71.4 Å². The van der Waals surface area contributed by atoms with Crippen molar-refractivity contribution in [1.82, 2.24) is 19.9 Å². The lowest BCUT2D eigenvalue weighted by molar-refractivity contribution is 0.172. The van der Waals surface area contributed by atoms with Crippen LogP contribution in [0.25, 0.3) is 11.0 Å². The molecule has 0 spiro atoms. The molecular weight excluding hydrogens is 507 g/mol. The van der Waals surface area contributed by atoms with Crippen LogP contribution >= 0.6 is 24.8 Å². The van der Waals surface area contributed by atoms with Gasteiger partial charge in [0.05, 0.1) is 11.3 Å². The van der Waals surface area contributed by atoms with Crippen LogP contribution in [0.3, 0.4) is 0 Å². The molecule has 0 saturated carbocycles. The van der Waals surface area contributed by atoms with Gasteiger partial charge < -0.3 is 14.2 Å². The minimum Gasteiger partial charge on any atom is -0.439 e. The van der Waals surface area contributed by atoms with Crippen LogP contribution in [0.2, 0.25) is 0 Å². The summed E-state index contributed by atoms with van der Waals surface area (Å²) in [5, 5.41) is 5.59. The second-order valence-electron chi connectivity index (χ2n) is 9.80. The van der Waals surface area contributed by atoms with E-state index in [2.05, 4.69) is 56.3 Å². The van der Waals surface area contributed by atoms with Gasteiger partial charge in [0.2, 0.25) is 5.88 Å². The molecule has 2 aromatic carbocycles. The van der Waals surface area contributed by atoms with Gasteiger partial charge in [0.1, 0.15) is 5.75 Å². The highest BCUT2D eigenvalue weighted by Crippen LogP contribution is 2.34. The summed E-state index contributed by atoms with van der Waals surface area (Å²) >= 11 is 0. The molecule has 1 aliphatic rings. The Labute approximate surface area is 231 Å². The number of fused-ring (bicyclic) bond motifs is 1. The fourth-order valence-corrected chi connectivity index (χ4v) is 4.97. The third-order valence-electron chi connectivity index (χ3n) is 6.85.